The fraction of sp³-hybridized carbons (Fsp3) is 0.0667. The van der Waals surface area contributed by atoms with Crippen molar-refractivity contribution in [3.05, 3.63) is 52.8 Å². The first kappa shape index (κ1) is 13.1. The van der Waals surface area contributed by atoms with Crippen LogP contribution in [0.15, 0.2) is 41.9 Å². The van der Waals surface area contributed by atoms with Crippen molar-refractivity contribution >= 4 is 55.8 Å². The van der Waals surface area contributed by atoms with Crippen LogP contribution in [0.25, 0.3) is 26.9 Å². The van der Waals surface area contributed by atoms with Gasteiger partial charge in [-0.15, -0.1) is 22.9 Å². The number of imidazole rings is 1. The van der Waals surface area contributed by atoms with Gasteiger partial charge in [0.2, 0.25) is 0 Å². The molecule has 0 aliphatic heterocycles. The topological polar surface area (TPSA) is 30.7 Å². The number of benzene rings is 2. The predicted octanol–water partition coefficient (Wildman–Crippen LogP) is 5.03. The number of hydrogen-bond donors (Lipinski definition) is 0. The highest BCUT2D eigenvalue weighted by Crippen LogP contribution is 2.30. The van der Waals surface area contributed by atoms with Crippen LogP contribution in [0, 0.1) is 0 Å². The van der Waals surface area contributed by atoms with Crippen molar-refractivity contribution in [2.75, 3.05) is 0 Å². The summed E-state index contributed by atoms with van der Waals surface area (Å²) < 4.78 is 3.14. The van der Waals surface area contributed by atoms with Crippen LogP contribution in [0.5, 0.6) is 0 Å². The van der Waals surface area contributed by atoms with Gasteiger partial charge in [0.15, 0.2) is 0 Å². The summed E-state index contributed by atoms with van der Waals surface area (Å²) in [4.78, 5) is 8.88. The summed E-state index contributed by atoms with van der Waals surface area (Å²) in [6.07, 6.45) is 0. The molecule has 2 heterocycles. The third-order valence-electron chi connectivity index (χ3n) is 3.39. The molecule has 6 heteroatoms. The molecule has 0 aliphatic carbocycles. The Morgan fingerprint density at radius 3 is 2.90 bits per heavy atom. The quantitative estimate of drug-likeness (QED) is 0.482. The molecule has 0 amide bonds. The Morgan fingerprint density at radius 1 is 1.14 bits per heavy atom. The number of thiazole rings is 1. The molecule has 0 saturated carbocycles. The minimum absolute atomic E-state index is 0.325. The average Bonchev–Trinajstić information content (AvgIpc) is 3.10. The number of alkyl halides is 1. The summed E-state index contributed by atoms with van der Waals surface area (Å²) in [5.74, 6) is 1.11. The van der Waals surface area contributed by atoms with Crippen LogP contribution in [0.4, 0.5) is 0 Å². The summed E-state index contributed by atoms with van der Waals surface area (Å²) in [6, 6.07) is 11.8. The summed E-state index contributed by atoms with van der Waals surface area (Å²) in [5, 5.41) is 0.667. The maximum Gasteiger partial charge on any atom is 0.129 e. The molecule has 0 saturated heterocycles. The van der Waals surface area contributed by atoms with Crippen LogP contribution in [-0.2, 0) is 5.88 Å². The van der Waals surface area contributed by atoms with Crippen molar-refractivity contribution in [2.45, 2.75) is 5.88 Å². The van der Waals surface area contributed by atoms with Gasteiger partial charge in [-0.05, 0) is 30.3 Å². The minimum Gasteiger partial charge on any atom is -0.294 e. The minimum atomic E-state index is 0.325. The molecule has 2 aromatic carbocycles. The van der Waals surface area contributed by atoms with Gasteiger partial charge in [0, 0.05) is 5.69 Å². The maximum absolute atomic E-state index is 6.37. The van der Waals surface area contributed by atoms with E-state index in [1.807, 2.05) is 40.4 Å². The molecule has 0 atom stereocenters. The summed E-state index contributed by atoms with van der Waals surface area (Å²) in [7, 11) is 0. The fourth-order valence-electron chi connectivity index (χ4n) is 2.48. The number of aromatic nitrogens is 3. The molecule has 0 N–H and O–H groups in total. The Bertz CT molecular complexity index is 958. The molecule has 3 nitrogen and oxygen atoms in total. The number of halogens is 2. The van der Waals surface area contributed by atoms with E-state index in [9.17, 15) is 0 Å². The lowest BCUT2D eigenvalue weighted by molar-refractivity contribution is 0.984. The van der Waals surface area contributed by atoms with E-state index in [0.29, 0.717) is 10.9 Å². The summed E-state index contributed by atoms with van der Waals surface area (Å²) >= 11 is 14.0. The molecule has 0 radical (unpaired) electrons. The van der Waals surface area contributed by atoms with Crippen molar-refractivity contribution in [3.63, 3.8) is 0 Å². The Labute approximate surface area is 134 Å². The van der Waals surface area contributed by atoms with Crippen LogP contribution in [-0.4, -0.2) is 14.5 Å². The molecular weight excluding hydrogens is 325 g/mol. The monoisotopic (exact) mass is 333 g/mol. The largest absolute Gasteiger partial charge is 0.294 e. The standard InChI is InChI=1S/C15H9Cl2N3S/c16-7-14-19-12-3-1-2-10(17)15(12)20(14)9-4-5-11-13(6-9)21-8-18-11/h1-6,8H,7H2. The molecule has 4 aromatic rings. The van der Waals surface area contributed by atoms with Gasteiger partial charge < -0.3 is 0 Å². The summed E-state index contributed by atoms with van der Waals surface area (Å²) in [5.41, 5.74) is 5.57. The highest BCUT2D eigenvalue weighted by molar-refractivity contribution is 7.16. The summed E-state index contributed by atoms with van der Waals surface area (Å²) in [6.45, 7) is 0. The second-order valence-corrected chi connectivity index (χ2v) is 6.17. The Hall–Kier alpha value is -1.62. The van der Waals surface area contributed by atoms with E-state index < -0.39 is 0 Å². The number of para-hydroxylation sites is 1. The lowest BCUT2D eigenvalue weighted by Crippen LogP contribution is -1.99. The van der Waals surface area contributed by atoms with Crippen molar-refractivity contribution in [3.8, 4) is 5.69 Å². The van der Waals surface area contributed by atoms with Gasteiger partial charge in [0.05, 0.1) is 37.7 Å². The van der Waals surface area contributed by atoms with Gasteiger partial charge in [0.25, 0.3) is 0 Å². The number of fused-ring (bicyclic) bond motifs is 2. The average molecular weight is 334 g/mol. The van der Waals surface area contributed by atoms with Crippen molar-refractivity contribution in [2.24, 2.45) is 0 Å². The smallest absolute Gasteiger partial charge is 0.129 e. The number of rotatable bonds is 2. The molecule has 0 unspecified atom stereocenters. The Kier molecular flexibility index (Phi) is 3.10. The van der Waals surface area contributed by atoms with Crippen LogP contribution in [0.1, 0.15) is 5.82 Å². The van der Waals surface area contributed by atoms with E-state index in [-0.39, 0.29) is 0 Å². The SMILES string of the molecule is ClCc1nc2cccc(Cl)c2n1-c1ccc2ncsc2c1. The lowest BCUT2D eigenvalue weighted by atomic mass is 10.2. The lowest BCUT2D eigenvalue weighted by Gasteiger charge is -2.08. The van der Waals surface area contributed by atoms with E-state index in [4.69, 9.17) is 23.2 Å². The van der Waals surface area contributed by atoms with Crippen molar-refractivity contribution in [1.82, 2.24) is 14.5 Å². The molecule has 104 valence electrons. The molecule has 0 fully saturated rings. The van der Waals surface area contributed by atoms with Crippen LogP contribution < -0.4 is 0 Å². The van der Waals surface area contributed by atoms with E-state index in [0.717, 1.165) is 32.8 Å². The molecule has 0 aliphatic rings. The van der Waals surface area contributed by atoms with Crippen LogP contribution in [0.3, 0.4) is 0 Å². The first-order valence-corrected chi connectivity index (χ1v) is 8.12. The molecule has 0 bridgehead atoms. The first-order valence-electron chi connectivity index (χ1n) is 6.33. The molecule has 21 heavy (non-hydrogen) atoms. The number of nitrogens with zero attached hydrogens (tertiary/aromatic N) is 3. The fourth-order valence-corrected chi connectivity index (χ4v) is 3.63. The van der Waals surface area contributed by atoms with Gasteiger partial charge in [-0.2, -0.15) is 0 Å². The Morgan fingerprint density at radius 2 is 2.05 bits per heavy atom. The zero-order valence-corrected chi connectivity index (χ0v) is 13.1. The van der Waals surface area contributed by atoms with Crippen LogP contribution in [0.2, 0.25) is 5.02 Å². The zero-order chi connectivity index (χ0) is 14.4. The van der Waals surface area contributed by atoms with E-state index in [1.165, 1.54) is 0 Å². The van der Waals surface area contributed by atoms with E-state index in [1.54, 1.807) is 11.3 Å². The van der Waals surface area contributed by atoms with Gasteiger partial charge in [-0.3, -0.25) is 4.57 Å². The third-order valence-corrected chi connectivity index (χ3v) is 4.73. The second kappa shape index (κ2) is 4.98. The number of hydrogen-bond acceptors (Lipinski definition) is 3. The van der Waals surface area contributed by atoms with Gasteiger partial charge in [0.1, 0.15) is 5.82 Å². The Balaban J connectivity index is 2.08. The van der Waals surface area contributed by atoms with Crippen LogP contribution >= 0.6 is 34.5 Å². The highest BCUT2D eigenvalue weighted by atomic mass is 35.5. The highest BCUT2D eigenvalue weighted by Gasteiger charge is 2.14. The van der Waals surface area contributed by atoms with Crippen molar-refractivity contribution < 1.29 is 0 Å². The zero-order valence-electron chi connectivity index (χ0n) is 10.8. The molecule has 2 aromatic heterocycles. The second-order valence-electron chi connectivity index (χ2n) is 4.61. The maximum atomic E-state index is 6.37. The third kappa shape index (κ3) is 2.02. The molecule has 4 rings (SSSR count). The van der Waals surface area contributed by atoms with E-state index in [2.05, 4.69) is 16.0 Å². The molecule has 0 spiro atoms. The van der Waals surface area contributed by atoms with Gasteiger partial charge in [-0.1, -0.05) is 17.7 Å². The normalized spacial score (nSPS) is 11.5. The molecular formula is C15H9Cl2N3S. The van der Waals surface area contributed by atoms with Gasteiger partial charge >= 0.3 is 0 Å². The van der Waals surface area contributed by atoms with E-state index >= 15 is 0 Å². The first-order chi connectivity index (χ1) is 10.3. The predicted molar refractivity (Wildman–Crippen MR) is 88.8 cm³/mol. The van der Waals surface area contributed by atoms with Crippen molar-refractivity contribution in [1.29, 1.82) is 0 Å². The van der Waals surface area contributed by atoms with Gasteiger partial charge in [-0.25, -0.2) is 9.97 Å².